The van der Waals surface area contributed by atoms with Crippen LogP contribution in [0.4, 0.5) is 5.69 Å². The predicted octanol–water partition coefficient (Wildman–Crippen LogP) is 1.97. The van der Waals surface area contributed by atoms with Crippen molar-refractivity contribution in [1.29, 1.82) is 0 Å². The Morgan fingerprint density at radius 1 is 1.29 bits per heavy atom. The van der Waals surface area contributed by atoms with Gasteiger partial charge >= 0.3 is 5.97 Å². The summed E-state index contributed by atoms with van der Waals surface area (Å²) >= 11 is 0. The molecule has 4 rings (SSSR count). The van der Waals surface area contributed by atoms with Crippen LogP contribution in [0, 0.1) is 10.1 Å². The summed E-state index contributed by atoms with van der Waals surface area (Å²) in [4.78, 5) is 21.8. The van der Waals surface area contributed by atoms with E-state index in [4.69, 9.17) is 0 Å². The first-order chi connectivity index (χ1) is 11.6. The van der Waals surface area contributed by atoms with E-state index >= 15 is 0 Å². The second-order valence-corrected chi connectivity index (χ2v) is 5.43. The molecule has 9 nitrogen and oxygen atoms in total. The van der Waals surface area contributed by atoms with E-state index in [2.05, 4.69) is 15.3 Å². The number of nitro benzene ring substituents is 1. The first kappa shape index (κ1) is 14.1. The molecule has 9 heteroatoms. The smallest absolute Gasteiger partial charge is 0.356 e. The number of aryl methyl sites for hydroxylation is 1. The fourth-order valence-electron chi connectivity index (χ4n) is 3.00. The average Bonchev–Trinajstić information content (AvgIpc) is 3.18. The van der Waals surface area contributed by atoms with Gasteiger partial charge in [-0.1, -0.05) is 0 Å². The van der Waals surface area contributed by atoms with Crippen molar-refractivity contribution in [2.45, 2.75) is 12.8 Å². The van der Waals surface area contributed by atoms with Crippen LogP contribution in [0.15, 0.2) is 30.5 Å². The molecule has 2 N–H and O–H groups in total. The van der Waals surface area contributed by atoms with E-state index in [1.807, 2.05) is 0 Å². The maximum absolute atomic E-state index is 11.5. The van der Waals surface area contributed by atoms with E-state index in [1.54, 1.807) is 18.3 Å². The second kappa shape index (κ2) is 5.01. The molecule has 0 amide bonds. The van der Waals surface area contributed by atoms with Gasteiger partial charge in [-0.05, 0) is 25.0 Å². The van der Waals surface area contributed by atoms with Crippen molar-refractivity contribution in [2.24, 2.45) is 0 Å². The zero-order chi connectivity index (χ0) is 16.8. The zero-order valence-electron chi connectivity index (χ0n) is 12.3. The van der Waals surface area contributed by atoms with Crippen LogP contribution in [0.1, 0.15) is 21.7 Å². The van der Waals surface area contributed by atoms with Crippen molar-refractivity contribution in [3.8, 4) is 16.9 Å². The van der Waals surface area contributed by atoms with E-state index in [1.165, 1.54) is 16.8 Å². The Bertz CT molecular complexity index is 970. The lowest BCUT2D eigenvalue weighted by Gasteiger charge is -2.14. The second-order valence-electron chi connectivity index (χ2n) is 5.43. The molecule has 0 radical (unpaired) electrons. The normalized spacial score (nSPS) is 12.5. The fourth-order valence-corrected chi connectivity index (χ4v) is 3.00. The van der Waals surface area contributed by atoms with Gasteiger partial charge in [0.1, 0.15) is 0 Å². The van der Waals surface area contributed by atoms with E-state index in [9.17, 15) is 20.0 Å². The Morgan fingerprint density at radius 3 is 2.71 bits per heavy atom. The quantitative estimate of drug-likeness (QED) is 0.560. The molecule has 120 valence electrons. The Hall–Kier alpha value is -3.49. The van der Waals surface area contributed by atoms with Gasteiger partial charge < -0.3 is 5.11 Å². The summed E-state index contributed by atoms with van der Waals surface area (Å²) in [5, 5.41) is 31.4. The summed E-state index contributed by atoms with van der Waals surface area (Å²) in [7, 11) is 0. The number of carboxylic acids is 1. The Kier molecular flexibility index (Phi) is 2.95. The van der Waals surface area contributed by atoms with E-state index in [-0.39, 0.29) is 11.4 Å². The molecule has 1 aromatic carbocycles. The van der Waals surface area contributed by atoms with Crippen LogP contribution >= 0.6 is 0 Å². The van der Waals surface area contributed by atoms with Gasteiger partial charge in [0, 0.05) is 29.0 Å². The number of fused-ring (bicyclic) bond motifs is 3. The number of benzene rings is 1. The fraction of sp³-hybridized carbons (Fsp3) is 0.133. The highest BCUT2D eigenvalue weighted by Crippen LogP contribution is 2.36. The summed E-state index contributed by atoms with van der Waals surface area (Å²) in [6, 6.07) is 5.82. The minimum Gasteiger partial charge on any atom is -0.476 e. The van der Waals surface area contributed by atoms with Crippen LogP contribution in [0.2, 0.25) is 0 Å². The summed E-state index contributed by atoms with van der Waals surface area (Å²) in [6.45, 7) is 0. The number of carboxylic acid groups (broad SMARTS) is 1. The Morgan fingerprint density at radius 2 is 2.04 bits per heavy atom. The van der Waals surface area contributed by atoms with Crippen molar-refractivity contribution < 1.29 is 14.8 Å². The average molecular weight is 325 g/mol. The monoisotopic (exact) mass is 325 g/mol. The molecule has 0 unspecified atom stereocenters. The molecular formula is C15H11N5O4. The molecule has 0 fully saturated rings. The molecule has 0 aliphatic heterocycles. The highest BCUT2D eigenvalue weighted by molar-refractivity contribution is 5.90. The number of hydrogen-bond donors (Lipinski definition) is 2. The van der Waals surface area contributed by atoms with Crippen LogP contribution < -0.4 is 0 Å². The van der Waals surface area contributed by atoms with Gasteiger partial charge in [0.15, 0.2) is 5.69 Å². The van der Waals surface area contributed by atoms with Crippen molar-refractivity contribution >= 4 is 11.7 Å². The summed E-state index contributed by atoms with van der Waals surface area (Å²) in [6.07, 6.45) is 2.84. The third-order valence-corrected chi connectivity index (χ3v) is 4.09. The molecule has 3 aromatic rings. The van der Waals surface area contributed by atoms with Crippen molar-refractivity contribution in [2.75, 3.05) is 0 Å². The van der Waals surface area contributed by atoms with E-state index in [0.717, 1.165) is 11.3 Å². The number of rotatable bonds is 3. The third kappa shape index (κ3) is 1.98. The molecule has 0 bridgehead atoms. The number of non-ortho nitro benzene ring substituents is 1. The zero-order valence-corrected chi connectivity index (χ0v) is 12.3. The Labute approximate surface area is 134 Å². The van der Waals surface area contributed by atoms with Gasteiger partial charge in [-0.25, -0.2) is 9.48 Å². The van der Waals surface area contributed by atoms with Crippen LogP contribution in [-0.4, -0.2) is 36.0 Å². The molecule has 1 aliphatic rings. The molecule has 0 atom stereocenters. The molecule has 24 heavy (non-hydrogen) atoms. The lowest BCUT2D eigenvalue weighted by atomic mass is 9.94. The molecule has 1 aliphatic carbocycles. The van der Waals surface area contributed by atoms with Gasteiger partial charge in [0.05, 0.1) is 22.5 Å². The van der Waals surface area contributed by atoms with E-state index in [0.29, 0.717) is 29.8 Å². The molecule has 0 saturated heterocycles. The minimum atomic E-state index is -1.10. The van der Waals surface area contributed by atoms with Crippen molar-refractivity contribution in [1.82, 2.24) is 20.0 Å². The summed E-state index contributed by atoms with van der Waals surface area (Å²) < 4.78 is 1.51. The predicted molar refractivity (Wildman–Crippen MR) is 82.2 cm³/mol. The van der Waals surface area contributed by atoms with Gasteiger partial charge in [-0.2, -0.15) is 10.2 Å². The van der Waals surface area contributed by atoms with Gasteiger partial charge in [-0.15, -0.1) is 0 Å². The number of nitro groups is 1. The highest BCUT2D eigenvalue weighted by atomic mass is 16.6. The van der Waals surface area contributed by atoms with Gasteiger partial charge in [0.2, 0.25) is 0 Å². The van der Waals surface area contributed by atoms with Crippen LogP contribution in [-0.2, 0) is 12.8 Å². The van der Waals surface area contributed by atoms with Crippen LogP contribution in [0.5, 0.6) is 0 Å². The highest BCUT2D eigenvalue weighted by Gasteiger charge is 2.29. The maximum atomic E-state index is 11.5. The van der Waals surface area contributed by atoms with Gasteiger partial charge in [0.25, 0.3) is 5.69 Å². The molecular weight excluding hydrogens is 314 g/mol. The van der Waals surface area contributed by atoms with Crippen molar-refractivity contribution in [3.05, 3.63) is 57.5 Å². The summed E-state index contributed by atoms with van der Waals surface area (Å²) in [5.41, 5.74) is 3.54. The number of aromatic carboxylic acids is 1. The maximum Gasteiger partial charge on any atom is 0.356 e. The number of hydrogen-bond acceptors (Lipinski definition) is 5. The number of nitrogens with zero attached hydrogens (tertiary/aromatic N) is 4. The SMILES string of the molecule is O=C(O)c1nn(-c2ccc([N+](=O)[O-])cc2)c2c1CCc1[nH]ncc1-2. The van der Waals surface area contributed by atoms with Crippen molar-refractivity contribution in [3.63, 3.8) is 0 Å². The molecule has 2 heterocycles. The first-order valence-corrected chi connectivity index (χ1v) is 7.19. The number of aromatic amines is 1. The minimum absolute atomic E-state index is 0.00444. The molecule has 0 saturated carbocycles. The molecule has 2 aromatic heterocycles. The van der Waals surface area contributed by atoms with Gasteiger partial charge in [-0.3, -0.25) is 15.2 Å². The largest absolute Gasteiger partial charge is 0.476 e. The summed E-state index contributed by atoms with van der Waals surface area (Å²) in [5.74, 6) is -1.10. The number of carbonyl (C=O) groups is 1. The first-order valence-electron chi connectivity index (χ1n) is 7.19. The number of aromatic nitrogens is 4. The standard InChI is InChI=1S/C15H11N5O4/c21-15(22)13-10-5-6-12-11(7-16-17-12)14(10)19(18-13)8-1-3-9(4-2-8)20(23)24/h1-4,7H,5-6H2,(H,16,17)(H,21,22). The number of H-pyrrole nitrogens is 1. The Balaban J connectivity index is 1.94. The molecule has 0 spiro atoms. The lowest BCUT2D eigenvalue weighted by molar-refractivity contribution is -0.384. The van der Waals surface area contributed by atoms with Crippen LogP contribution in [0.25, 0.3) is 16.9 Å². The third-order valence-electron chi connectivity index (χ3n) is 4.09. The number of nitrogens with one attached hydrogen (secondary N) is 1. The topological polar surface area (TPSA) is 127 Å². The van der Waals surface area contributed by atoms with Crippen LogP contribution in [0.3, 0.4) is 0 Å². The van der Waals surface area contributed by atoms with E-state index < -0.39 is 10.9 Å². The lowest BCUT2D eigenvalue weighted by Crippen LogP contribution is -2.07.